The zero-order valence-electron chi connectivity index (χ0n) is 15.0. The van der Waals surface area contributed by atoms with Gasteiger partial charge in [-0.2, -0.15) is 0 Å². The number of thiazole rings is 1. The first-order chi connectivity index (χ1) is 12.5. The van der Waals surface area contributed by atoms with E-state index in [4.69, 9.17) is 0 Å². The lowest BCUT2D eigenvalue weighted by Gasteiger charge is -2.33. The minimum Gasteiger partial charge on any atom is -0.346 e. The first kappa shape index (κ1) is 18.3. The van der Waals surface area contributed by atoms with Crippen molar-refractivity contribution in [3.8, 4) is 0 Å². The second-order valence-electron chi connectivity index (χ2n) is 6.40. The number of aromatic nitrogens is 1. The van der Waals surface area contributed by atoms with Gasteiger partial charge in [0.05, 0.1) is 6.54 Å². The molecular weight excluding hydrogens is 350 g/mol. The monoisotopic (exact) mass is 373 g/mol. The SMILES string of the molecule is Cc1ccc(NC(=O)NC(=O)CN2CCN(c3nccs3)CC2)c(C)c1. The van der Waals surface area contributed by atoms with Gasteiger partial charge in [-0.3, -0.25) is 15.0 Å². The third-order valence-electron chi connectivity index (χ3n) is 4.31. The van der Waals surface area contributed by atoms with E-state index in [1.165, 1.54) is 0 Å². The number of urea groups is 1. The quantitative estimate of drug-likeness (QED) is 0.859. The van der Waals surface area contributed by atoms with Gasteiger partial charge >= 0.3 is 6.03 Å². The first-order valence-electron chi connectivity index (χ1n) is 8.56. The number of piperazine rings is 1. The van der Waals surface area contributed by atoms with Gasteiger partial charge in [0.1, 0.15) is 0 Å². The van der Waals surface area contributed by atoms with E-state index < -0.39 is 6.03 Å². The molecule has 1 aromatic carbocycles. The highest BCUT2D eigenvalue weighted by atomic mass is 32.1. The Morgan fingerprint density at radius 2 is 1.96 bits per heavy atom. The van der Waals surface area contributed by atoms with Gasteiger partial charge in [0.25, 0.3) is 0 Å². The molecular formula is C18H23N5O2S. The van der Waals surface area contributed by atoms with Gasteiger partial charge in [-0.25, -0.2) is 9.78 Å². The Morgan fingerprint density at radius 3 is 2.62 bits per heavy atom. The van der Waals surface area contributed by atoms with Crippen LogP contribution in [0.3, 0.4) is 0 Å². The van der Waals surface area contributed by atoms with Gasteiger partial charge in [-0.05, 0) is 25.5 Å². The lowest BCUT2D eigenvalue weighted by Crippen LogP contribution is -2.50. The molecule has 3 amide bonds. The number of rotatable bonds is 4. The Kier molecular flexibility index (Phi) is 5.85. The Bertz CT molecular complexity index is 770. The van der Waals surface area contributed by atoms with Crippen LogP contribution in [0.25, 0.3) is 0 Å². The molecule has 1 aliphatic rings. The number of aryl methyl sites for hydroxylation is 2. The minimum atomic E-state index is -0.497. The van der Waals surface area contributed by atoms with E-state index in [-0.39, 0.29) is 12.5 Å². The van der Waals surface area contributed by atoms with Crippen LogP contribution in [0.15, 0.2) is 29.8 Å². The normalized spacial score (nSPS) is 14.9. The summed E-state index contributed by atoms with van der Waals surface area (Å²) in [5, 5.41) is 8.11. The van der Waals surface area contributed by atoms with Crippen molar-refractivity contribution in [2.24, 2.45) is 0 Å². The number of hydrogen-bond donors (Lipinski definition) is 2. The van der Waals surface area contributed by atoms with Crippen molar-refractivity contribution >= 4 is 34.1 Å². The predicted molar refractivity (Wildman–Crippen MR) is 104 cm³/mol. The first-order valence-corrected chi connectivity index (χ1v) is 9.44. The lowest BCUT2D eigenvalue weighted by molar-refractivity contribution is -0.121. The van der Waals surface area contributed by atoms with Crippen LogP contribution in [-0.4, -0.2) is 54.5 Å². The number of imide groups is 1. The van der Waals surface area contributed by atoms with E-state index in [0.717, 1.165) is 42.4 Å². The summed E-state index contributed by atoms with van der Waals surface area (Å²) in [6, 6.07) is 5.25. The molecule has 1 saturated heterocycles. The maximum absolute atomic E-state index is 12.1. The standard InChI is InChI=1S/C18H23N5O2S/c1-13-3-4-15(14(2)11-13)20-17(25)21-16(24)12-22-6-8-23(9-7-22)18-19-5-10-26-18/h3-5,10-11H,6-9,12H2,1-2H3,(H2,20,21,24,25). The number of hydrogen-bond acceptors (Lipinski definition) is 6. The fourth-order valence-corrected chi connectivity index (χ4v) is 3.64. The van der Waals surface area contributed by atoms with Crippen LogP contribution in [0.2, 0.25) is 0 Å². The van der Waals surface area contributed by atoms with Crippen LogP contribution in [0, 0.1) is 13.8 Å². The molecule has 0 spiro atoms. The van der Waals surface area contributed by atoms with Crippen LogP contribution in [0.1, 0.15) is 11.1 Å². The molecule has 3 rings (SSSR count). The highest BCUT2D eigenvalue weighted by molar-refractivity contribution is 7.13. The van der Waals surface area contributed by atoms with E-state index in [0.29, 0.717) is 5.69 Å². The van der Waals surface area contributed by atoms with Crippen molar-refractivity contribution in [3.05, 3.63) is 40.9 Å². The number of amides is 3. The molecule has 2 heterocycles. The van der Waals surface area contributed by atoms with Gasteiger partial charge in [-0.15, -0.1) is 11.3 Å². The maximum atomic E-state index is 12.1. The molecule has 1 fully saturated rings. The number of anilines is 2. The van der Waals surface area contributed by atoms with Crippen LogP contribution in [-0.2, 0) is 4.79 Å². The summed E-state index contributed by atoms with van der Waals surface area (Å²) < 4.78 is 0. The summed E-state index contributed by atoms with van der Waals surface area (Å²) >= 11 is 1.62. The molecule has 138 valence electrons. The molecule has 1 aliphatic heterocycles. The second kappa shape index (κ2) is 8.29. The molecule has 0 unspecified atom stereocenters. The van der Waals surface area contributed by atoms with Crippen molar-refractivity contribution in [2.45, 2.75) is 13.8 Å². The second-order valence-corrected chi connectivity index (χ2v) is 7.27. The molecule has 0 aliphatic carbocycles. The lowest BCUT2D eigenvalue weighted by atomic mass is 10.1. The van der Waals surface area contributed by atoms with E-state index in [1.54, 1.807) is 17.5 Å². The zero-order chi connectivity index (χ0) is 18.5. The smallest absolute Gasteiger partial charge is 0.325 e. The number of nitrogens with zero attached hydrogens (tertiary/aromatic N) is 3. The summed E-state index contributed by atoms with van der Waals surface area (Å²) in [6.45, 7) is 7.33. The van der Waals surface area contributed by atoms with E-state index in [2.05, 4.69) is 20.5 Å². The van der Waals surface area contributed by atoms with Crippen molar-refractivity contribution < 1.29 is 9.59 Å². The van der Waals surface area contributed by atoms with Crippen molar-refractivity contribution in [3.63, 3.8) is 0 Å². The van der Waals surface area contributed by atoms with Crippen molar-refractivity contribution in [1.82, 2.24) is 15.2 Å². The number of carbonyl (C=O) groups excluding carboxylic acids is 2. The average Bonchev–Trinajstić information content (AvgIpc) is 3.12. The summed E-state index contributed by atoms with van der Waals surface area (Å²) in [6.07, 6.45) is 1.80. The summed E-state index contributed by atoms with van der Waals surface area (Å²) in [5.74, 6) is -0.296. The van der Waals surface area contributed by atoms with Gasteiger partial charge in [0.15, 0.2) is 5.13 Å². The van der Waals surface area contributed by atoms with Crippen molar-refractivity contribution in [1.29, 1.82) is 0 Å². The molecule has 26 heavy (non-hydrogen) atoms. The van der Waals surface area contributed by atoms with Crippen molar-refractivity contribution in [2.75, 3.05) is 42.9 Å². The molecule has 2 aromatic rings. The highest BCUT2D eigenvalue weighted by Crippen LogP contribution is 2.19. The molecule has 0 saturated carbocycles. The molecule has 0 bridgehead atoms. The highest BCUT2D eigenvalue weighted by Gasteiger charge is 2.21. The number of carbonyl (C=O) groups is 2. The third-order valence-corrected chi connectivity index (χ3v) is 5.14. The van der Waals surface area contributed by atoms with Gasteiger partial charge in [0, 0.05) is 43.4 Å². The zero-order valence-corrected chi connectivity index (χ0v) is 15.8. The van der Waals surface area contributed by atoms with Gasteiger partial charge in [0.2, 0.25) is 5.91 Å². The summed E-state index contributed by atoms with van der Waals surface area (Å²) in [5.41, 5.74) is 2.80. The van der Waals surface area contributed by atoms with Crippen LogP contribution in [0.4, 0.5) is 15.6 Å². The van der Waals surface area contributed by atoms with Crippen LogP contribution < -0.4 is 15.5 Å². The molecule has 0 atom stereocenters. The summed E-state index contributed by atoms with van der Waals surface area (Å²) in [4.78, 5) is 32.7. The van der Waals surface area contributed by atoms with Gasteiger partial charge in [-0.1, -0.05) is 17.7 Å². The molecule has 8 heteroatoms. The number of nitrogens with one attached hydrogen (secondary N) is 2. The van der Waals surface area contributed by atoms with E-state index in [9.17, 15) is 9.59 Å². The fourth-order valence-electron chi connectivity index (χ4n) is 2.95. The molecule has 7 nitrogen and oxygen atoms in total. The molecule has 1 aromatic heterocycles. The fraction of sp³-hybridized carbons (Fsp3) is 0.389. The molecule has 2 N–H and O–H groups in total. The Labute approximate surface area is 157 Å². The van der Waals surface area contributed by atoms with Crippen LogP contribution in [0.5, 0.6) is 0 Å². The molecule has 0 radical (unpaired) electrons. The Balaban J connectivity index is 1.43. The topological polar surface area (TPSA) is 77.6 Å². The Morgan fingerprint density at radius 1 is 1.19 bits per heavy atom. The van der Waals surface area contributed by atoms with Crippen LogP contribution >= 0.6 is 11.3 Å². The predicted octanol–water partition coefficient (Wildman–Crippen LogP) is 2.23. The van der Waals surface area contributed by atoms with Gasteiger partial charge < -0.3 is 10.2 Å². The van der Waals surface area contributed by atoms with E-state index in [1.807, 2.05) is 42.3 Å². The minimum absolute atomic E-state index is 0.214. The summed E-state index contributed by atoms with van der Waals surface area (Å²) in [7, 11) is 0. The maximum Gasteiger partial charge on any atom is 0.325 e. The Hall–Kier alpha value is -2.45. The largest absolute Gasteiger partial charge is 0.346 e. The average molecular weight is 373 g/mol. The number of benzene rings is 1. The van der Waals surface area contributed by atoms with E-state index >= 15 is 0 Å². The third kappa shape index (κ3) is 4.80.